The molecule has 0 aromatic rings. The lowest BCUT2D eigenvalue weighted by molar-refractivity contribution is -0.00917. The van der Waals surface area contributed by atoms with Crippen LogP contribution in [0.5, 0.6) is 0 Å². The van der Waals surface area contributed by atoms with Gasteiger partial charge in [-0.25, -0.2) is 0 Å². The first-order valence-corrected chi connectivity index (χ1v) is 8.74. The first-order chi connectivity index (χ1) is 9.76. The van der Waals surface area contributed by atoms with Crippen LogP contribution in [0.3, 0.4) is 0 Å². The maximum atomic E-state index is 5.61. The van der Waals surface area contributed by atoms with Crippen LogP contribution >= 0.6 is 0 Å². The Hall–Kier alpha value is -0.120. The van der Waals surface area contributed by atoms with Crippen LogP contribution < -0.4 is 5.32 Å². The third kappa shape index (κ3) is 4.71. The topological polar surface area (TPSA) is 24.5 Å². The van der Waals surface area contributed by atoms with Gasteiger partial charge in [-0.3, -0.25) is 0 Å². The van der Waals surface area contributed by atoms with Gasteiger partial charge in [0.2, 0.25) is 0 Å². The summed E-state index contributed by atoms with van der Waals surface area (Å²) in [4.78, 5) is 2.66. The van der Waals surface area contributed by atoms with E-state index < -0.39 is 0 Å². The van der Waals surface area contributed by atoms with Crippen molar-refractivity contribution < 1.29 is 4.74 Å². The second-order valence-corrected chi connectivity index (χ2v) is 7.00. The van der Waals surface area contributed by atoms with Gasteiger partial charge in [0.05, 0.1) is 0 Å². The third-order valence-electron chi connectivity index (χ3n) is 5.26. The number of nitrogens with one attached hydrogen (secondary N) is 1. The van der Waals surface area contributed by atoms with E-state index in [0.29, 0.717) is 5.41 Å². The third-order valence-corrected chi connectivity index (χ3v) is 5.26. The molecule has 0 spiro atoms. The first-order valence-electron chi connectivity index (χ1n) is 8.74. The van der Waals surface area contributed by atoms with Crippen molar-refractivity contribution in [1.29, 1.82) is 0 Å². The molecule has 3 heteroatoms. The number of ether oxygens (including phenoxy) is 1. The SMILES string of the molecule is CCCNCC1(CN(C)C2CCCCC2)CCOCC1. The molecule has 1 saturated carbocycles. The molecule has 0 amide bonds. The van der Waals surface area contributed by atoms with Crippen molar-refractivity contribution in [2.75, 3.05) is 39.9 Å². The largest absolute Gasteiger partial charge is 0.381 e. The molecular weight excluding hydrogens is 248 g/mol. The Morgan fingerprint density at radius 1 is 1.15 bits per heavy atom. The van der Waals surface area contributed by atoms with Crippen LogP contribution in [-0.2, 0) is 4.74 Å². The van der Waals surface area contributed by atoms with E-state index in [2.05, 4.69) is 24.2 Å². The van der Waals surface area contributed by atoms with E-state index in [0.717, 1.165) is 25.8 Å². The molecule has 1 heterocycles. The van der Waals surface area contributed by atoms with Gasteiger partial charge in [-0.05, 0) is 51.1 Å². The minimum atomic E-state index is 0.444. The molecule has 2 aliphatic rings. The van der Waals surface area contributed by atoms with Crippen molar-refractivity contribution >= 4 is 0 Å². The Labute approximate surface area is 125 Å². The zero-order valence-electron chi connectivity index (χ0n) is 13.6. The van der Waals surface area contributed by atoms with E-state index in [9.17, 15) is 0 Å². The zero-order valence-corrected chi connectivity index (χ0v) is 13.6. The maximum absolute atomic E-state index is 5.61. The number of hydrogen-bond donors (Lipinski definition) is 1. The second-order valence-electron chi connectivity index (χ2n) is 7.00. The summed E-state index contributed by atoms with van der Waals surface area (Å²) < 4.78 is 5.61. The Bertz CT molecular complexity index is 258. The average Bonchev–Trinajstić information content (AvgIpc) is 2.49. The summed E-state index contributed by atoms with van der Waals surface area (Å²) in [7, 11) is 2.35. The minimum Gasteiger partial charge on any atom is -0.381 e. The van der Waals surface area contributed by atoms with Gasteiger partial charge in [0.25, 0.3) is 0 Å². The number of hydrogen-bond acceptors (Lipinski definition) is 3. The summed E-state index contributed by atoms with van der Waals surface area (Å²) in [6, 6.07) is 0.828. The van der Waals surface area contributed by atoms with Crippen molar-refractivity contribution in [1.82, 2.24) is 10.2 Å². The van der Waals surface area contributed by atoms with E-state index in [4.69, 9.17) is 4.74 Å². The lowest BCUT2D eigenvalue weighted by Crippen LogP contribution is -2.49. The van der Waals surface area contributed by atoms with Crippen LogP contribution in [0.25, 0.3) is 0 Å². The van der Waals surface area contributed by atoms with Gasteiger partial charge >= 0.3 is 0 Å². The molecule has 1 N–H and O–H groups in total. The fourth-order valence-corrected chi connectivity index (χ4v) is 3.91. The molecule has 1 aliphatic carbocycles. The highest BCUT2D eigenvalue weighted by molar-refractivity contribution is 4.88. The van der Waals surface area contributed by atoms with Gasteiger partial charge in [-0.2, -0.15) is 0 Å². The van der Waals surface area contributed by atoms with Crippen molar-refractivity contribution in [2.24, 2.45) is 5.41 Å². The average molecular weight is 282 g/mol. The van der Waals surface area contributed by atoms with Crippen molar-refractivity contribution in [3.8, 4) is 0 Å². The van der Waals surface area contributed by atoms with Gasteiger partial charge in [-0.1, -0.05) is 26.2 Å². The van der Waals surface area contributed by atoms with Crippen molar-refractivity contribution in [3.05, 3.63) is 0 Å². The summed E-state index contributed by atoms with van der Waals surface area (Å²) in [5.74, 6) is 0. The van der Waals surface area contributed by atoms with Crippen LogP contribution in [0.4, 0.5) is 0 Å². The highest BCUT2D eigenvalue weighted by Gasteiger charge is 2.35. The zero-order chi connectivity index (χ0) is 14.3. The molecule has 0 bridgehead atoms. The quantitative estimate of drug-likeness (QED) is 0.726. The van der Waals surface area contributed by atoms with E-state index in [-0.39, 0.29) is 0 Å². The van der Waals surface area contributed by atoms with Gasteiger partial charge in [0, 0.05) is 32.3 Å². The molecule has 20 heavy (non-hydrogen) atoms. The van der Waals surface area contributed by atoms with Gasteiger partial charge in [0.15, 0.2) is 0 Å². The van der Waals surface area contributed by atoms with Gasteiger partial charge in [-0.15, -0.1) is 0 Å². The fraction of sp³-hybridized carbons (Fsp3) is 1.00. The minimum absolute atomic E-state index is 0.444. The predicted molar refractivity (Wildman–Crippen MR) is 85.1 cm³/mol. The number of rotatable bonds is 7. The van der Waals surface area contributed by atoms with Crippen molar-refractivity contribution in [2.45, 2.75) is 64.3 Å². The molecule has 3 nitrogen and oxygen atoms in total. The maximum Gasteiger partial charge on any atom is 0.0472 e. The van der Waals surface area contributed by atoms with Crippen LogP contribution in [0, 0.1) is 5.41 Å². The molecule has 118 valence electrons. The second kappa shape index (κ2) is 8.35. The standard InChI is InChI=1S/C17H34N2O/c1-3-11-18-14-17(9-12-20-13-10-17)15-19(2)16-7-5-4-6-8-16/h16,18H,3-15H2,1-2H3. The molecule has 0 radical (unpaired) electrons. The van der Waals surface area contributed by atoms with Crippen LogP contribution in [-0.4, -0.2) is 50.8 Å². The van der Waals surface area contributed by atoms with Crippen LogP contribution in [0.1, 0.15) is 58.3 Å². The Balaban J connectivity index is 1.88. The Morgan fingerprint density at radius 2 is 1.85 bits per heavy atom. The van der Waals surface area contributed by atoms with E-state index >= 15 is 0 Å². The normalized spacial score (nSPS) is 24.1. The highest BCUT2D eigenvalue weighted by atomic mass is 16.5. The van der Waals surface area contributed by atoms with E-state index in [1.165, 1.54) is 64.5 Å². The molecule has 0 atom stereocenters. The summed E-state index contributed by atoms with van der Waals surface area (Å²) in [5, 5.41) is 3.67. The molecule has 2 fully saturated rings. The summed E-state index contributed by atoms with van der Waals surface area (Å²) in [6.45, 7) is 7.71. The van der Waals surface area contributed by atoms with E-state index in [1.54, 1.807) is 0 Å². The fourth-order valence-electron chi connectivity index (χ4n) is 3.91. The monoisotopic (exact) mass is 282 g/mol. The Kier molecular flexibility index (Phi) is 6.79. The predicted octanol–water partition coefficient (Wildman–Crippen LogP) is 3.05. The van der Waals surface area contributed by atoms with Crippen LogP contribution in [0.2, 0.25) is 0 Å². The summed E-state index contributed by atoms with van der Waals surface area (Å²) >= 11 is 0. The molecule has 0 unspecified atom stereocenters. The van der Waals surface area contributed by atoms with Gasteiger partial charge in [0.1, 0.15) is 0 Å². The summed E-state index contributed by atoms with van der Waals surface area (Å²) in [6.07, 6.45) is 10.8. The molecule has 1 saturated heterocycles. The highest BCUT2D eigenvalue weighted by Crippen LogP contribution is 2.33. The van der Waals surface area contributed by atoms with Crippen LogP contribution in [0.15, 0.2) is 0 Å². The van der Waals surface area contributed by atoms with Crippen molar-refractivity contribution in [3.63, 3.8) is 0 Å². The van der Waals surface area contributed by atoms with E-state index in [1.807, 2.05) is 0 Å². The lowest BCUT2D eigenvalue weighted by atomic mass is 9.78. The first kappa shape index (κ1) is 16.3. The molecule has 0 aromatic heterocycles. The Morgan fingerprint density at radius 3 is 2.50 bits per heavy atom. The number of nitrogens with zero attached hydrogens (tertiary/aromatic N) is 1. The lowest BCUT2D eigenvalue weighted by Gasteiger charge is -2.43. The molecular formula is C17H34N2O. The summed E-state index contributed by atoms with van der Waals surface area (Å²) in [5.41, 5.74) is 0.444. The smallest absolute Gasteiger partial charge is 0.0472 e. The molecule has 1 aliphatic heterocycles. The molecule has 2 rings (SSSR count). The van der Waals surface area contributed by atoms with Gasteiger partial charge < -0.3 is 15.0 Å². The molecule has 0 aromatic carbocycles.